The molecule has 22 heavy (non-hydrogen) atoms. The highest BCUT2D eigenvalue weighted by atomic mass is 32.2. The fourth-order valence-corrected chi connectivity index (χ4v) is 3.03. The first-order valence-corrected chi connectivity index (χ1v) is 8.14. The smallest absolute Gasteiger partial charge is 0.227 e. The summed E-state index contributed by atoms with van der Waals surface area (Å²) in [4.78, 5) is 10.9. The van der Waals surface area contributed by atoms with Crippen LogP contribution in [0, 0.1) is 13.8 Å². The van der Waals surface area contributed by atoms with Crippen LogP contribution in [0.2, 0.25) is 0 Å². The Bertz CT molecular complexity index is 648. The predicted octanol–water partition coefficient (Wildman–Crippen LogP) is 2.10. The van der Waals surface area contributed by atoms with Crippen molar-refractivity contribution in [1.82, 2.24) is 14.8 Å². The number of benzene rings is 1. The van der Waals surface area contributed by atoms with Crippen LogP contribution in [0.3, 0.4) is 0 Å². The first kappa shape index (κ1) is 16.4. The first-order valence-electron chi connectivity index (χ1n) is 7.16. The molecule has 0 bridgehead atoms. The Morgan fingerprint density at radius 2 is 2.00 bits per heavy atom. The molecule has 2 rings (SSSR count). The number of thioether (sulfide) groups is 1. The van der Waals surface area contributed by atoms with E-state index in [1.165, 1.54) is 22.9 Å². The van der Waals surface area contributed by atoms with Gasteiger partial charge in [0.25, 0.3) is 0 Å². The van der Waals surface area contributed by atoms with Crippen molar-refractivity contribution in [1.29, 1.82) is 0 Å². The second-order valence-electron chi connectivity index (χ2n) is 5.02. The Morgan fingerprint density at radius 1 is 1.32 bits per heavy atom. The zero-order chi connectivity index (χ0) is 16.1. The van der Waals surface area contributed by atoms with E-state index in [9.17, 15) is 4.79 Å². The van der Waals surface area contributed by atoms with Crippen molar-refractivity contribution in [3.63, 3.8) is 0 Å². The van der Waals surface area contributed by atoms with Gasteiger partial charge in [-0.25, -0.2) is 0 Å². The maximum atomic E-state index is 10.9. The minimum Gasteiger partial charge on any atom is -0.377 e. The average Bonchev–Trinajstić information content (AvgIpc) is 2.86. The van der Waals surface area contributed by atoms with Crippen LogP contribution in [0.25, 0.3) is 0 Å². The van der Waals surface area contributed by atoms with Gasteiger partial charge >= 0.3 is 0 Å². The summed E-state index contributed by atoms with van der Waals surface area (Å²) in [5, 5.41) is 12.5. The van der Waals surface area contributed by atoms with Crippen molar-refractivity contribution < 1.29 is 4.79 Å². The van der Waals surface area contributed by atoms with Crippen LogP contribution in [0.15, 0.2) is 23.4 Å². The highest BCUT2D eigenvalue weighted by Gasteiger charge is 2.12. The number of para-hydroxylation sites is 1. The Labute approximate surface area is 134 Å². The number of anilines is 1. The van der Waals surface area contributed by atoms with Crippen LogP contribution in [0.1, 0.15) is 23.9 Å². The van der Waals surface area contributed by atoms with E-state index in [0.29, 0.717) is 6.54 Å². The van der Waals surface area contributed by atoms with Gasteiger partial charge in [0.2, 0.25) is 5.91 Å². The molecule has 1 aromatic carbocycles. The number of rotatable bonds is 7. The summed E-state index contributed by atoms with van der Waals surface area (Å²) in [5.74, 6) is 0.700. The zero-order valence-electron chi connectivity index (χ0n) is 13.1. The normalized spacial score (nSPS) is 10.7. The van der Waals surface area contributed by atoms with E-state index in [1.54, 1.807) is 0 Å². The fraction of sp³-hybridized carbons (Fsp3) is 0.400. The molecular weight excluding hydrogens is 298 g/mol. The molecular formula is C15H21N5OS. The van der Waals surface area contributed by atoms with Gasteiger partial charge in [0, 0.05) is 12.2 Å². The number of hydrogen-bond acceptors (Lipinski definition) is 5. The lowest BCUT2D eigenvalue weighted by atomic mass is 10.1. The molecule has 1 heterocycles. The molecule has 0 unspecified atom stereocenters. The van der Waals surface area contributed by atoms with E-state index < -0.39 is 0 Å². The van der Waals surface area contributed by atoms with Crippen LogP contribution in [0.5, 0.6) is 0 Å². The summed E-state index contributed by atoms with van der Waals surface area (Å²) in [6.07, 6.45) is 0. The Morgan fingerprint density at radius 3 is 2.59 bits per heavy atom. The number of carbonyl (C=O) groups excluding carboxylic acids is 1. The van der Waals surface area contributed by atoms with Gasteiger partial charge < -0.3 is 15.6 Å². The van der Waals surface area contributed by atoms with Gasteiger partial charge in [0.15, 0.2) is 11.0 Å². The molecule has 1 amide bonds. The van der Waals surface area contributed by atoms with E-state index in [1.807, 2.05) is 17.6 Å². The fourth-order valence-electron chi connectivity index (χ4n) is 2.27. The third-order valence-electron chi connectivity index (χ3n) is 3.36. The summed E-state index contributed by atoms with van der Waals surface area (Å²) >= 11 is 1.32. The van der Waals surface area contributed by atoms with E-state index in [0.717, 1.165) is 23.2 Å². The van der Waals surface area contributed by atoms with Gasteiger partial charge in [-0.1, -0.05) is 30.0 Å². The van der Waals surface area contributed by atoms with Crippen molar-refractivity contribution in [2.75, 3.05) is 11.1 Å². The van der Waals surface area contributed by atoms with Crippen LogP contribution >= 0.6 is 11.8 Å². The maximum absolute atomic E-state index is 10.9. The summed E-state index contributed by atoms with van der Waals surface area (Å²) in [6.45, 7) is 7.52. The zero-order valence-corrected chi connectivity index (χ0v) is 13.9. The quantitative estimate of drug-likeness (QED) is 0.763. The minimum absolute atomic E-state index is 0.211. The summed E-state index contributed by atoms with van der Waals surface area (Å²) in [6, 6.07) is 6.20. The Kier molecular flexibility index (Phi) is 5.43. The molecule has 7 heteroatoms. The standard InChI is InChI=1S/C15H21N5OS/c1-4-20-13(18-19-15(20)22-9-12(16)21)8-17-14-10(2)6-5-7-11(14)3/h5-7,17H,4,8-9H2,1-3H3,(H2,16,21). The molecule has 0 aliphatic carbocycles. The van der Waals surface area contributed by atoms with E-state index in [4.69, 9.17) is 5.73 Å². The maximum Gasteiger partial charge on any atom is 0.227 e. The van der Waals surface area contributed by atoms with Crippen LogP contribution in [0.4, 0.5) is 5.69 Å². The lowest BCUT2D eigenvalue weighted by Gasteiger charge is -2.13. The molecule has 2 aromatic rings. The van der Waals surface area contributed by atoms with Crippen LogP contribution in [-0.4, -0.2) is 26.4 Å². The number of hydrogen-bond donors (Lipinski definition) is 2. The Balaban J connectivity index is 2.11. The predicted molar refractivity (Wildman–Crippen MR) is 88.9 cm³/mol. The molecule has 0 aliphatic rings. The van der Waals surface area contributed by atoms with E-state index >= 15 is 0 Å². The molecule has 0 saturated carbocycles. The third kappa shape index (κ3) is 3.79. The van der Waals surface area contributed by atoms with Gasteiger partial charge in [-0.15, -0.1) is 10.2 Å². The van der Waals surface area contributed by atoms with Crippen molar-refractivity contribution in [2.24, 2.45) is 5.73 Å². The monoisotopic (exact) mass is 319 g/mol. The van der Waals surface area contributed by atoms with Gasteiger partial charge in [-0.3, -0.25) is 4.79 Å². The molecule has 0 aliphatic heterocycles. The molecule has 0 saturated heterocycles. The average molecular weight is 319 g/mol. The largest absolute Gasteiger partial charge is 0.377 e. The van der Waals surface area contributed by atoms with E-state index in [2.05, 4.69) is 41.5 Å². The number of primary amides is 1. The van der Waals surface area contributed by atoms with Crippen LogP contribution < -0.4 is 11.1 Å². The van der Waals surface area contributed by atoms with Gasteiger partial charge in [-0.05, 0) is 31.9 Å². The number of amides is 1. The third-order valence-corrected chi connectivity index (χ3v) is 4.35. The Hall–Kier alpha value is -2.02. The number of nitrogens with zero attached hydrogens (tertiary/aromatic N) is 3. The molecule has 0 spiro atoms. The van der Waals surface area contributed by atoms with Gasteiger partial charge in [-0.2, -0.15) is 0 Å². The number of nitrogens with two attached hydrogens (primary N) is 1. The SMILES string of the molecule is CCn1c(CNc2c(C)cccc2C)nnc1SCC(N)=O. The molecule has 0 fully saturated rings. The molecule has 0 radical (unpaired) electrons. The van der Waals surface area contributed by atoms with Crippen molar-refractivity contribution >= 4 is 23.4 Å². The number of nitrogens with one attached hydrogen (secondary N) is 1. The van der Waals surface area contributed by atoms with E-state index in [-0.39, 0.29) is 11.7 Å². The van der Waals surface area contributed by atoms with Crippen molar-refractivity contribution in [2.45, 2.75) is 39.0 Å². The topological polar surface area (TPSA) is 85.8 Å². The first-order chi connectivity index (χ1) is 10.5. The van der Waals surface area contributed by atoms with Crippen LogP contribution in [-0.2, 0) is 17.9 Å². The molecule has 1 aromatic heterocycles. The minimum atomic E-state index is -0.356. The summed E-state index contributed by atoms with van der Waals surface area (Å²) < 4.78 is 1.99. The van der Waals surface area contributed by atoms with Gasteiger partial charge in [0.05, 0.1) is 12.3 Å². The highest BCUT2D eigenvalue weighted by molar-refractivity contribution is 7.99. The lowest BCUT2D eigenvalue weighted by molar-refractivity contribution is -0.115. The number of carbonyl (C=O) groups is 1. The summed E-state index contributed by atoms with van der Waals surface area (Å²) in [7, 11) is 0. The number of aryl methyl sites for hydroxylation is 2. The lowest BCUT2D eigenvalue weighted by Crippen LogP contribution is -2.14. The van der Waals surface area contributed by atoms with Crippen molar-refractivity contribution in [3.8, 4) is 0 Å². The number of aromatic nitrogens is 3. The molecule has 0 atom stereocenters. The second kappa shape index (κ2) is 7.31. The molecule has 118 valence electrons. The summed E-state index contributed by atoms with van der Waals surface area (Å²) in [5.41, 5.74) is 8.70. The molecule has 6 nitrogen and oxygen atoms in total. The van der Waals surface area contributed by atoms with Crippen molar-refractivity contribution in [3.05, 3.63) is 35.2 Å². The second-order valence-corrected chi connectivity index (χ2v) is 5.96. The molecule has 3 N–H and O–H groups in total. The highest BCUT2D eigenvalue weighted by Crippen LogP contribution is 2.21. The van der Waals surface area contributed by atoms with Gasteiger partial charge in [0.1, 0.15) is 0 Å².